The van der Waals surface area contributed by atoms with E-state index in [0.717, 1.165) is 33.3 Å². The van der Waals surface area contributed by atoms with Crippen molar-refractivity contribution in [3.63, 3.8) is 0 Å². The van der Waals surface area contributed by atoms with Crippen LogP contribution >= 0.6 is 31.9 Å². The minimum Gasteiger partial charge on any atom is -0.388 e. The molecule has 17 heavy (non-hydrogen) atoms. The first-order chi connectivity index (χ1) is 8.06. The zero-order chi connectivity index (χ0) is 12.4. The second-order valence-corrected chi connectivity index (χ2v) is 7.01. The summed E-state index contributed by atoms with van der Waals surface area (Å²) in [5, 5.41) is 10.5. The highest BCUT2D eigenvalue weighted by atomic mass is 79.9. The van der Waals surface area contributed by atoms with Gasteiger partial charge in [0.2, 0.25) is 0 Å². The number of aliphatic hydroxyl groups excluding tert-OH is 1. The lowest BCUT2D eigenvalue weighted by Crippen LogP contribution is -2.20. The topological polar surface area (TPSA) is 20.2 Å². The van der Waals surface area contributed by atoms with Crippen LogP contribution in [-0.4, -0.2) is 5.11 Å². The fourth-order valence-corrected chi connectivity index (χ4v) is 4.11. The average molecular weight is 362 g/mol. The minimum atomic E-state index is -0.327. The van der Waals surface area contributed by atoms with Gasteiger partial charge in [-0.05, 0) is 48.4 Å². The molecule has 0 radical (unpaired) electrons. The summed E-state index contributed by atoms with van der Waals surface area (Å²) >= 11 is 6.95. The van der Waals surface area contributed by atoms with Crippen molar-refractivity contribution in [1.29, 1.82) is 0 Å². The van der Waals surface area contributed by atoms with Gasteiger partial charge in [-0.2, -0.15) is 0 Å². The van der Waals surface area contributed by atoms with Crippen LogP contribution in [0, 0.1) is 11.8 Å². The molecule has 1 aromatic carbocycles. The summed E-state index contributed by atoms with van der Waals surface area (Å²) in [4.78, 5) is 0. The first-order valence-electron chi connectivity index (χ1n) is 6.20. The van der Waals surface area contributed by atoms with Gasteiger partial charge in [0.05, 0.1) is 6.10 Å². The van der Waals surface area contributed by atoms with E-state index in [9.17, 15) is 5.11 Å². The van der Waals surface area contributed by atoms with Crippen LogP contribution in [0.5, 0.6) is 0 Å². The Bertz CT molecular complexity index is 372. The molecule has 3 unspecified atom stereocenters. The summed E-state index contributed by atoms with van der Waals surface area (Å²) < 4.78 is 2.04. The van der Waals surface area contributed by atoms with Gasteiger partial charge in [-0.1, -0.05) is 51.6 Å². The molecule has 1 saturated carbocycles. The molecular weight excluding hydrogens is 344 g/mol. The highest BCUT2D eigenvalue weighted by molar-refractivity contribution is 9.11. The van der Waals surface area contributed by atoms with E-state index < -0.39 is 0 Å². The Labute approximate surface area is 120 Å². The highest BCUT2D eigenvalue weighted by Gasteiger charge is 2.26. The summed E-state index contributed by atoms with van der Waals surface area (Å²) in [6.07, 6.45) is 4.52. The second kappa shape index (κ2) is 5.85. The van der Waals surface area contributed by atoms with Crippen molar-refractivity contribution in [2.24, 2.45) is 11.8 Å². The van der Waals surface area contributed by atoms with Gasteiger partial charge in [-0.3, -0.25) is 0 Å². The lowest BCUT2D eigenvalue weighted by Gasteiger charge is -2.30. The maximum absolute atomic E-state index is 10.5. The normalized spacial score (nSPS) is 26.8. The third-order valence-electron chi connectivity index (χ3n) is 3.65. The summed E-state index contributed by atoms with van der Waals surface area (Å²) in [7, 11) is 0. The van der Waals surface area contributed by atoms with E-state index in [4.69, 9.17) is 0 Å². The molecule has 0 aromatic heterocycles. The molecule has 1 aromatic rings. The predicted molar refractivity (Wildman–Crippen MR) is 77.9 cm³/mol. The Kier molecular flexibility index (Phi) is 4.67. The number of aliphatic hydroxyl groups is 1. The third-order valence-corrected chi connectivity index (χ3v) is 4.57. The van der Waals surface area contributed by atoms with Gasteiger partial charge in [-0.25, -0.2) is 0 Å². The van der Waals surface area contributed by atoms with Gasteiger partial charge in [0.1, 0.15) is 0 Å². The average Bonchev–Trinajstić information content (AvgIpc) is 2.26. The molecular formula is C14H18Br2O. The molecule has 0 amide bonds. The fourth-order valence-electron chi connectivity index (χ4n) is 2.79. The molecule has 0 spiro atoms. The van der Waals surface area contributed by atoms with Gasteiger partial charge in [-0.15, -0.1) is 0 Å². The van der Waals surface area contributed by atoms with Crippen molar-refractivity contribution >= 4 is 31.9 Å². The van der Waals surface area contributed by atoms with Crippen LogP contribution in [0.3, 0.4) is 0 Å². The highest BCUT2D eigenvalue weighted by Crippen LogP contribution is 2.38. The van der Waals surface area contributed by atoms with E-state index in [2.05, 4.69) is 38.8 Å². The molecule has 0 aliphatic heterocycles. The fraction of sp³-hybridized carbons (Fsp3) is 0.571. The van der Waals surface area contributed by atoms with E-state index in [-0.39, 0.29) is 6.10 Å². The second-order valence-electron chi connectivity index (χ2n) is 5.18. The largest absolute Gasteiger partial charge is 0.388 e. The number of hydrogen-bond donors (Lipinski definition) is 1. The molecule has 94 valence electrons. The molecule has 1 N–H and O–H groups in total. The standard InChI is InChI=1S/C14H18Br2O/c1-9-3-2-4-10(5-9)14(17)11-6-12(15)8-13(16)7-11/h6-10,14,17H,2-5H2,1H3. The number of halogens is 2. The van der Waals surface area contributed by atoms with Gasteiger partial charge >= 0.3 is 0 Å². The molecule has 0 saturated heterocycles. The van der Waals surface area contributed by atoms with Crippen molar-refractivity contribution in [1.82, 2.24) is 0 Å². The Morgan fingerprint density at radius 2 is 1.82 bits per heavy atom. The van der Waals surface area contributed by atoms with E-state index in [1.165, 1.54) is 12.8 Å². The summed E-state index contributed by atoms with van der Waals surface area (Å²) in [6, 6.07) is 6.04. The molecule has 1 nitrogen and oxygen atoms in total. The van der Waals surface area contributed by atoms with Gasteiger partial charge in [0, 0.05) is 8.95 Å². The van der Waals surface area contributed by atoms with E-state index >= 15 is 0 Å². The molecule has 0 heterocycles. The predicted octanol–water partition coefficient (Wildman–Crippen LogP) is 5.07. The monoisotopic (exact) mass is 360 g/mol. The van der Waals surface area contributed by atoms with E-state index in [1.54, 1.807) is 0 Å². The molecule has 2 rings (SSSR count). The zero-order valence-corrected chi connectivity index (χ0v) is 13.2. The molecule has 1 fully saturated rings. The number of hydrogen-bond acceptors (Lipinski definition) is 1. The van der Waals surface area contributed by atoms with Crippen LogP contribution in [-0.2, 0) is 0 Å². The molecule has 1 aliphatic carbocycles. The third kappa shape index (κ3) is 3.55. The maximum atomic E-state index is 10.5. The number of benzene rings is 1. The zero-order valence-electron chi connectivity index (χ0n) is 10.00. The number of rotatable bonds is 2. The maximum Gasteiger partial charge on any atom is 0.0819 e. The van der Waals surface area contributed by atoms with Crippen LogP contribution in [0.15, 0.2) is 27.1 Å². The van der Waals surface area contributed by atoms with Crippen molar-refractivity contribution in [2.45, 2.75) is 38.7 Å². The van der Waals surface area contributed by atoms with Gasteiger partial charge in [0.25, 0.3) is 0 Å². The van der Waals surface area contributed by atoms with Crippen LogP contribution in [0.25, 0.3) is 0 Å². The van der Waals surface area contributed by atoms with Crippen LogP contribution in [0.2, 0.25) is 0 Å². The molecule has 1 aliphatic rings. The molecule has 3 heteroatoms. The lowest BCUT2D eigenvalue weighted by molar-refractivity contribution is 0.0713. The van der Waals surface area contributed by atoms with Gasteiger partial charge in [0.15, 0.2) is 0 Å². The van der Waals surface area contributed by atoms with Crippen molar-refractivity contribution in [2.75, 3.05) is 0 Å². The van der Waals surface area contributed by atoms with Crippen LogP contribution < -0.4 is 0 Å². The van der Waals surface area contributed by atoms with E-state index in [0.29, 0.717) is 5.92 Å². The summed E-state index contributed by atoms with van der Waals surface area (Å²) in [5.41, 5.74) is 1.02. The van der Waals surface area contributed by atoms with Crippen molar-refractivity contribution < 1.29 is 5.11 Å². The summed E-state index contributed by atoms with van der Waals surface area (Å²) in [5.74, 6) is 1.17. The van der Waals surface area contributed by atoms with Gasteiger partial charge < -0.3 is 5.11 Å². The summed E-state index contributed by atoms with van der Waals surface area (Å²) in [6.45, 7) is 2.29. The van der Waals surface area contributed by atoms with Crippen molar-refractivity contribution in [3.8, 4) is 0 Å². The lowest BCUT2D eigenvalue weighted by atomic mass is 9.78. The first kappa shape index (κ1) is 13.6. The Morgan fingerprint density at radius 3 is 2.41 bits per heavy atom. The quantitative estimate of drug-likeness (QED) is 0.779. The Morgan fingerprint density at radius 1 is 1.18 bits per heavy atom. The van der Waals surface area contributed by atoms with Crippen molar-refractivity contribution in [3.05, 3.63) is 32.7 Å². The van der Waals surface area contributed by atoms with Crippen LogP contribution in [0.4, 0.5) is 0 Å². The Hall–Kier alpha value is 0.140. The smallest absolute Gasteiger partial charge is 0.0819 e. The first-order valence-corrected chi connectivity index (χ1v) is 7.79. The Balaban J connectivity index is 2.15. The minimum absolute atomic E-state index is 0.327. The molecule has 0 bridgehead atoms. The van der Waals surface area contributed by atoms with E-state index in [1.807, 2.05) is 18.2 Å². The van der Waals surface area contributed by atoms with Crippen LogP contribution in [0.1, 0.15) is 44.3 Å². The molecule has 3 atom stereocenters. The SMILES string of the molecule is CC1CCCC(C(O)c2cc(Br)cc(Br)c2)C1.